The van der Waals surface area contributed by atoms with Gasteiger partial charge in [-0.3, -0.25) is 0 Å². The lowest BCUT2D eigenvalue weighted by Gasteiger charge is -2.25. The van der Waals surface area contributed by atoms with E-state index in [0.29, 0.717) is 5.54 Å². The lowest BCUT2D eigenvalue weighted by molar-refractivity contribution is 0.278. The normalized spacial score (nSPS) is 14.0. The molecule has 1 heterocycles. The summed E-state index contributed by atoms with van der Waals surface area (Å²) in [5.74, 6) is 0.900. The van der Waals surface area contributed by atoms with Gasteiger partial charge in [-0.15, -0.1) is 11.3 Å². The summed E-state index contributed by atoms with van der Waals surface area (Å²) < 4.78 is 5.40. The third kappa shape index (κ3) is 2.62. The number of rotatable bonds is 4. The van der Waals surface area contributed by atoms with Crippen molar-refractivity contribution in [3.8, 4) is 5.75 Å². The van der Waals surface area contributed by atoms with E-state index in [0.717, 1.165) is 10.6 Å². The van der Waals surface area contributed by atoms with E-state index in [1.807, 2.05) is 0 Å². The van der Waals surface area contributed by atoms with Crippen LogP contribution in [0.3, 0.4) is 0 Å². The Hall–Kier alpha value is -0.323. The highest BCUT2D eigenvalue weighted by molar-refractivity contribution is 7.10. The molecule has 0 amide bonds. The molecule has 0 saturated heterocycles. The van der Waals surface area contributed by atoms with Crippen molar-refractivity contribution in [3.05, 3.63) is 15.8 Å². The molecule has 0 spiro atoms. The highest BCUT2D eigenvalue weighted by Gasteiger charge is 2.28. The number of aliphatic hydroxyl groups excluding tert-OH is 1. The molecule has 0 aliphatic carbocycles. The summed E-state index contributed by atoms with van der Waals surface area (Å²) in [6.07, 6.45) is 0. The number of ether oxygens (including phenoxy) is 1. The Bertz CT molecular complexity index is 328. The zero-order chi connectivity index (χ0) is 11.6. The third-order valence-corrected chi connectivity index (χ3v) is 6.84. The molecule has 0 aliphatic rings. The van der Waals surface area contributed by atoms with Gasteiger partial charge in [-0.05, 0) is 10.9 Å². The maximum absolute atomic E-state index is 9.19. The summed E-state index contributed by atoms with van der Waals surface area (Å²) in [5, 5.41) is 11.3. The van der Waals surface area contributed by atoms with Gasteiger partial charge in [0.05, 0.1) is 26.7 Å². The maximum Gasteiger partial charge on any atom is 0.138 e. The summed E-state index contributed by atoms with van der Waals surface area (Å²) in [6.45, 7) is 9.40. The summed E-state index contributed by atoms with van der Waals surface area (Å²) in [6, 6.07) is 0. The van der Waals surface area contributed by atoms with Crippen molar-refractivity contribution in [1.82, 2.24) is 0 Å². The molecule has 15 heavy (non-hydrogen) atoms. The van der Waals surface area contributed by atoms with Gasteiger partial charge in [0.1, 0.15) is 5.75 Å². The molecule has 0 radical (unpaired) electrons. The molecule has 1 atom stereocenters. The molecule has 4 heteroatoms. The number of hydrogen-bond donors (Lipinski definition) is 1. The average Bonchev–Trinajstić information content (AvgIpc) is 2.57. The SMILES string of the molecule is COc1c(C(C)[Si](C)(C)C)csc1CO. The van der Waals surface area contributed by atoms with Crippen molar-refractivity contribution in [2.45, 2.75) is 38.7 Å². The Morgan fingerprint density at radius 2 is 2.07 bits per heavy atom. The molecule has 1 aromatic rings. The van der Waals surface area contributed by atoms with Crippen LogP contribution in [0.15, 0.2) is 5.38 Å². The molecule has 1 rings (SSSR count). The molecule has 1 N–H and O–H groups in total. The summed E-state index contributed by atoms with van der Waals surface area (Å²) >= 11 is 1.59. The van der Waals surface area contributed by atoms with Crippen LogP contribution in [0.25, 0.3) is 0 Å². The second kappa shape index (κ2) is 4.68. The van der Waals surface area contributed by atoms with Gasteiger partial charge in [0.25, 0.3) is 0 Å². The van der Waals surface area contributed by atoms with Crippen LogP contribution in [0.2, 0.25) is 19.6 Å². The first-order valence-corrected chi connectivity index (χ1v) is 9.62. The van der Waals surface area contributed by atoms with Gasteiger partial charge in [-0.1, -0.05) is 26.6 Å². The smallest absolute Gasteiger partial charge is 0.138 e. The fourth-order valence-corrected chi connectivity index (χ4v) is 3.74. The van der Waals surface area contributed by atoms with E-state index < -0.39 is 8.07 Å². The minimum atomic E-state index is -1.20. The summed E-state index contributed by atoms with van der Waals surface area (Å²) in [7, 11) is 0.479. The van der Waals surface area contributed by atoms with Crippen LogP contribution in [-0.2, 0) is 6.61 Å². The number of aliphatic hydroxyl groups is 1. The standard InChI is InChI=1S/C11H20O2SSi/c1-8(15(3,4)5)9-7-14-10(6-12)11(9)13-2/h7-8,12H,6H2,1-5H3. The van der Waals surface area contributed by atoms with E-state index in [1.54, 1.807) is 18.4 Å². The van der Waals surface area contributed by atoms with Crippen LogP contribution in [-0.4, -0.2) is 20.3 Å². The largest absolute Gasteiger partial charge is 0.495 e. The third-order valence-electron chi connectivity index (χ3n) is 2.96. The number of methoxy groups -OCH3 is 1. The van der Waals surface area contributed by atoms with Crippen molar-refractivity contribution in [1.29, 1.82) is 0 Å². The van der Waals surface area contributed by atoms with Crippen molar-refractivity contribution in [2.24, 2.45) is 0 Å². The van der Waals surface area contributed by atoms with E-state index in [1.165, 1.54) is 5.56 Å². The predicted octanol–water partition coefficient (Wildman–Crippen LogP) is 3.23. The van der Waals surface area contributed by atoms with Crippen LogP contribution in [0.5, 0.6) is 5.75 Å². The minimum absolute atomic E-state index is 0.0757. The molecular formula is C11H20O2SSi. The summed E-state index contributed by atoms with van der Waals surface area (Å²) in [4.78, 5) is 0.942. The predicted molar refractivity (Wildman–Crippen MR) is 68.6 cm³/mol. The second-order valence-electron chi connectivity index (χ2n) is 4.89. The minimum Gasteiger partial charge on any atom is -0.495 e. The molecular weight excluding hydrogens is 224 g/mol. The number of thiophene rings is 1. The fraction of sp³-hybridized carbons (Fsp3) is 0.636. The molecule has 0 aliphatic heterocycles. The van der Waals surface area contributed by atoms with Gasteiger partial charge < -0.3 is 9.84 Å². The van der Waals surface area contributed by atoms with Gasteiger partial charge in [0.15, 0.2) is 0 Å². The zero-order valence-corrected chi connectivity index (χ0v) is 11.9. The Balaban J connectivity index is 3.09. The first kappa shape index (κ1) is 12.7. The van der Waals surface area contributed by atoms with Gasteiger partial charge in [-0.2, -0.15) is 0 Å². The fourth-order valence-electron chi connectivity index (χ4n) is 1.51. The Kier molecular flexibility index (Phi) is 3.97. The monoisotopic (exact) mass is 244 g/mol. The zero-order valence-electron chi connectivity index (χ0n) is 10.1. The van der Waals surface area contributed by atoms with E-state index in [9.17, 15) is 5.11 Å². The van der Waals surface area contributed by atoms with Gasteiger partial charge >= 0.3 is 0 Å². The van der Waals surface area contributed by atoms with Crippen LogP contribution in [0, 0.1) is 0 Å². The Labute approximate surface area is 96.9 Å². The molecule has 86 valence electrons. The van der Waals surface area contributed by atoms with Gasteiger partial charge in [-0.25, -0.2) is 0 Å². The lowest BCUT2D eigenvalue weighted by atomic mass is 10.2. The van der Waals surface area contributed by atoms with E-state index in [2.05, 4.69) is 31.9 Å². The van der Waals surface area contributed by atoms with Crippen molar-refractivity contribution in [2.75, 3.05) is 7.11 Å². The highest BCUT2D eigenvalue weighted by atomic mass is 32.1. The van der Waals surface area contributed by atoms with Crippen LogP contribution in [0.1, 0.15) is 22.9 Å². The molecule has 1 unspecified atom stereocenters. The highest BCUT2D eigenvalue weighted by Crippen LogP contribution is 2.39. The van der Waals surface area contributed by atoms with Crippen LogP contribution >= 0.6 is 11.3 Å². The first-order chi connectivity index (χ1) is 6.91. The molecule has 0 bridgehead atoms. The Morgan fingerprint density at radius 1 is 1.47 bits per heavy atom. The van der Waals surface area contributed by atoms with E-state index in [4.69, 9.17) is 4.74 Å². The molecule has 2 nitrogen and oxygen atoms in total. The first-order valence-electron chi connectivity index (χ1n) is 5.17. The quantitative estimate of drug-likeness (QED) is 0.824. The van der Waals surface area contributed by atoms with E-state index >= 15 is 0 Å². The molecule has 0 aromatic carbocycles. The molecule has 0 fully saturated rings. The molecule has 1 aromatic heterocycles. The lowest BCUT2D eigenvalue weighted by Crippen LogP contribution is -2.28. The van der Waals surface area contributed by atoms with Gasteiger partial charge in [0.2, 0.25) is 0 Å². The summed E-state index contributed by atoms with van der Waals surface area (Å²) in [5.41, 5.74) is 1.83. The van der Waals surface area contributed by atoms with Crippen LogP contribution in [0.4, 0.5) is 0 Å². The van der Waals surface area contributed by atoms with Gasteiger partial charge in [0, 0.05) is 5.56 Å². The van der Waals surface area contributed by atoms with E-state index in [-0.39, 0.29) is 6.61 Å². The maximum atomic E-state index is 9.19. The Morgan fingerprint density at radius 3 is 2.47 bits per heavy atom. The van der Waals surface area contributed by atoms with Crippen molar-refractivity contribution in [3.63, 3.8) is 0 Å². The second-order valence-corrected chi connectivity index (χ2v) is 11.5. The topological polar surface area (TPSA) is 29.5 Å². The molecule has 0 saturated carbocycles. The average molecular weight is 244 g/mol. The van der Waals surface area contributed by atoms with Crippen molar-refractivity contribution < 1.29 is 9.84 Å². The van der Waals surface area contributed by atoms with Crippen LogP contribution < -0.4 is 4.74 Å². The number of hydrogen-bond acceptors (Lipinski definition) is 3. The van der Waals surface area contributed by atoms with Crippen molar-refractivity contribution >= 4 is 19.4 Å².